The van der Waals surface area contributed by atoms with Gasteiger partial charge in [0.05, 0.1) is 0 Å². The van der Waals surface area contributed by atoms with Crippen molar-refractivity contribution in [3.05, 3.63) is 89.5 Å². The Bertz CT molecular complexity index is 1010. The van der Waals surface area contributed by atoms with Gasteiger partial charge in [-0.05, 0) is 67.5 Å². The molecule has 0 aliphatic rings. The van der Waals surface area contributed by atoms with E-state index in [0.29, 0.717) is 14.7 Å². The molecule has 0 amide bonds. The molecule has 0 unspecified atom stereocenters. The van der Waals surface area contributed by atoms with Gasteiger partial charge in [0.15, 0.2) is 0 Å². The smallest absolute Gasteiger partial charge is 0.200 e. The van der Waals surface area contributed by atoms with E-state index < -0.39 is 25.9 Å². The van der Waals surface area contributed by atoms with Crippen molar-refractivity contribution >= 4 is 20.4 Å². The normalized spacial score (nSPS) is 13.3. The molecule has 0 bridgehead atoms. The predicted octanol–water partition coefficient (Wildman–Crippen LogP) is 6.67. The molecular weight excluding hydrogens is 433 g/mol. The lowest BCUT2D eigenvalue weighted by Gasteiger charge is -2.39. The van der Waals surface area contributed by atoms with Crippen LogP contribution in [0.1, 0.15) is 16.7 Å². The third kappa shape index (κ3) is 4.26. The standard InChI is InChI=1S/C22H21F3O3S2/c1-16-4-10-19(11-5-16)29(20-12-6-17(2)7-13-20,21-14-8-18(3)9-15-21)28-30(26,27)22(23,24)25/h4-15H,1-3H3. The van der Waals surface area contributed by atoms with Crippen LogP contribution in [0.25, 0.3) is 0 Å². The Hall–Kier alpha value is -2.29. The molecule has 3 aromatic rings. The molecule has 0 aliphatic heterocycles. The van der Waals surface area contributed by atoms with Crippen LogP contribution in [0, 0.1) is 20.8 Å². The third-order valence-corrected chi connectivity index (χ3v) is 9.44. The number of benzene rings is 3. The Morgan fingerprint density at radius 1 is 0.600 bits per heavy atom. The van der Waals surface area contributed by atoms with Crippen molar-refractivity contribution in [1.82, 2.24) is 0 Å². The first-order valence-corrected chi connectivity index (χ1v) is 12.0. The van der Waals surface area contributed by atoms with Gasteiger partial charge in [0.25, 0.3) is 0 Å². The molecule has 0 aromatic heterocycles. The van der Waals surface area contributed by atoms with Gasteiger partial charge >= 0.3 is 15.6 Å². The minimum Gasteiger partial charge on any atom is -0.200 e. The lowest BCUT2D eigenvalue weighted by atomic mass is 10.2. The highest BCUT2D eigenvalue weighted by Crippen LogP contribution is 2.70. The molecule has 3 aromatic carbocycles. The van der Waals surface area contributed by atoms with E-state index in [9.17, 15) is 21.6 Å². The second-order valence-corrected chi connectivity index (χ2v) is 11.4. The number of rotatable bonds is 5. The van der Waals surface area contributed by atoms with Crippen molar-refractivity contribution < 1.29 is 25.2 Å². The molecule has 160 valence electrons. The molecule has 30 heavy (non-hydrogen) atoms. The zero-order valence-electron chi connectivity index (χ0n) is 16.6. The van der Waals surface area contributed by atoms with Gasteiger partial charge in [-0.2, -0.15) is 25.2 Å². The van der Waals surface area contributed by atoms with Crippen molar-refractivity contribution in [2.24, 2.45) is 0 Å². The van der Waals surface area contributed by atoms with Crippen molar-refractivity contribution in [1.29, 1.82) is 0 Å². The first kappa shape index (κ1) is 22.4. The van der Waals surface area contributed by atoms with Crippen molar-refractivity contribution in [2.45, 2.75) is 41.0 Å². The molecule has 0 radical (unpaired) electrons. The van der Waals surface area contributed by atoms with Crippen LogP contribution in [0.15, 0.2) is 87.5 Å². The largest absolute Gasteiger partial charge is 0.524 e. The minimum absolute atomic E-state index is 0.355. The summed E-state index contributed by atoms with van der Waals surface area (Å²) in [7, 11) is -9.12. The maximum atomic E-state index is 13.4. The van der Waals surface area contributed by atoms with E-state index >= 15 is 0 Å². The monoisotopic (exact) mass is 454 g/mol. The fourth-order valence-electron chi connectivity index (χ4n) is 2.89. The molecule has 0 N–H and O–H groups in total. The van der Waals surface area contributed by atoms with Crippen molar-refractivity contribution in [2.75, 3.05) is 0 Å². The molecule has 8 heteroatoms. The first-order valence-electron chi connectivity index (χ1n) is 9.01. The summed E-state index contributed by atoms with van der Waals surface area (Å²) in [6.45, 7) is 5.52. The van der Waals surface area contributed by atoms with Crippen molar-refractivity contribution in [3.63, 3.8) is 0 Å². The van der Waals surface area contributed by atoms with E-state index in [1.54, 1.807) is 72.8 Å². The molecular formula is C22H21F3O3S2. The van der Waals surface area contributed by atoms with Gasteiger partial charge < -0.3 is 0 Å². The van der Waals surface area contributed by atoms with Crippen LogP contribution in [0.3, 0.4) is 0 Å². The van der Waals surface area contributed by atoms with Crippen LogP contribution in [0.2, 0.25) is 0 Å². The van der Waals surface area contributed by atoms with Gasteiger partial charge in [-0.3, -0.25) is 0 Å². The van der Waals surface area contributed by atoms with E-state index in [4.69, 9.17) is 3.63 Å². The zero-order chi connectivity index (χ0) is 22.2. The number of alkyl halides is 3. The van der Waals surface area contributed by atoms with E-state index in [1.807, 2.05) is 20.8 Å². The van der Waals surface area contributed by atoms with Crippen LogP contribution in [0.5, 0.6) is 0 Å². The van der Waals surface area contributed by atoms with Crippen LogP contribution >= 0.6 is 10.3 Å². The second-order valence-electron chi connectivity index (χ2n) is 6.96. The van der Waals surface area contributed by atoms with Crippen LogP contribution in [-0.2, 0) is 13.7 Å². The predicted molar refractivity (Wildman–Crippen MR) is 112 cm³/mol. The molecule has 0 atom stereocenters. The molecule has 0 heterocycles. The highest BCUT2D eigenvalue weighted by atomic mass is 32.3. The molecule has 3 nitrogen and oxygen atoms in total. The first-order chi connectivity index (χ1) is 14.0. The third-order valence-electron chi connectivity index (χ3n) is 4.53. The summed E-state index contributed by atoms with van der Waals surface area (Å²) < 4.78 is 69.9. The lowest BCUT2D eigenvalue weighted by Crippen LogP contribution is -2.27. The Morgan fingerprint density at radius 3 is 1.10 bits per heavy atom. The summed E-state index contributed by atoms with van der Waals surface area (Å²) in [5.41, 5.74) is -2.89. The fourth-order valence-corrected chi connectivity index (χ4v) is 7.59. The van der Waals surface area contributed by atoms with E-state index in [1.165, 1.54) is 0 Å². The number of halogens is 3. The molecule has 0 spiro atoms. The summed E-state index contributed by atoms with van der Waals surface area (Å²) in [6, 6.07) is 20.1. The average Bonchev–Trinajstić information content (AvgIpc) is 2.67. The molecule has 3 rings (SSSR count). The molecule has 0 fully saturated rings. The van der Waals surface area contributed by atoms with Gasteiger partial charge in [-0.15, -0.1) is 0 Å². The van der Waals surface area contributed by atoms with Crippen LogP contribution in [0.4, 0.5) is 13.2 Å². The summed E-state index contributed by atoms with van der Waals surface area (Å²) in [5, 5.41) is 0. The summed E-state index contributed by atoms with van der Waals surface area (Å²) in [4.78, 5) is 1.07. The Kier molecular flexibility index (Phi) is 6.04. The van der Waals surface area contributed by atoms with Crippen molar-refractivity contribution in [3.8, 4) is 0 Å². The lowest BCUT2D eigenvalue weighted by molar-refractivity contribution is -0.0496. The average molecular weight is 455 g/mol. The van der Waals surface area contributed by atoms with E-state index in [2.05, 4.69) is 0 Å². The van der Waals surface area contributed by atoms with Gasteiger partial charge in [-0.25, -0.2) is 0 Å². The SMILES string of the molecule is Cc1ccc(S(OS(=O)(=O)C(F)(F)F)(c2ccc(C)cc2)c2ccc(C)cc2)cc1. The summed E-state index contributed by atoms with van der Waals surface area (Å²) in [6.07, 6.45) is 0. The topological polar surface area (TPSA) is 43.4 Å². The molecule has 0 aliphatic carbocycles. The summed E-state index contributed by atoms with van der Waals surface area (Å²) in [5.74, 6) is 0. The quantitative estimate of drug-likeness (QED) is 0.404. The zero-order valence-corrected chi connectivity index (χ0v) is 18.2. The van der Waals surface area contributed by atoms with Gasteiger partial charge in [0.1, 0.15) is 0 Å². The highest BCUT2D eigenvalue weighted by molar-refractivity contribution is 8.33. The Balaban J connectivity index is 2.40. The number of aryl methyl sites for hydroxylation is 3. The Morgan fingerprint density at radius 2 is 0.867 bits per heavy atom. The van der Waals surface area contributed by atoms with E-state index in [-0.39, 0.29) is 0 Å². The van der Waals surface area contributed by atoms with Crippen LogP contribution < -0.4 is 0 Å². The van der Waals surface area contributed by atoms with Gasteiger partial charge in [-0.1, -0.05) is 53.1 Å². The van der Waals surface area contributed by atoms with Gasteiger partial charge in [0, 0.05) is 14.7 Å². The summed E-state index contributed by atoms with van der Waals surface area (Å²) >= 11 is 0. The maximum absolute atomic E-state index is 13.4. The second kappa shape index (κ2) is 8.09. The minimum atomic E-state index is -5.89. The van der Waals surface area contributed by atoms with E-state index in [0.717, 1.165) is 16.7 Å². The number of hydrogen-bond acceptors (Lipinski definition) is 3. The molecule has 0 saturated heterocycles. The number of hydrogen-bond donors (Lipinski definition) is 0. The van der Waals surface area contributed by atoms with Gasteiger partial charge in [0.2, 0.25) is 0 Å². The maximum Gasteiger partial charge on any atom is 0.524 e. The Labute approximate surface area is 176 Å². The highest BCUT2D eigenvalue weighted by Gasteiger charge is 2.52. The molecule has 0 saturated carbocycles. The fraction of sp³-hybridized carbons (Fsp3) is 0.182. The van der Waals surface area contributed by atoms with Crippen LogP contribution in [-0.4, -0.2) is 13.9 Å².